The van der Waals surface area contributed by atoms with E-state index in [2.05, 4.69) is 29.8 Å². The molecule has 0 amide bonds. The zero-order valence-corrected chi connectivity index (χ0v) is 13.1. The topological polar surface area (TPSA) is 20.2 Å². The van der Waals surface area contributed by atoms with Crippen LogP contribution in [-0.4, -0.2) is 22.2 Å². The van der Waals surface area contributed by atoms with E-state index in [1.807, 2.05) is 0 Å². The third-order valence-corrected chi connectivity index (χ3v) is 5.63. The largest absolute Gasteiger partial charge is 0.388 e. The predicted octanol–water partition coefficient (Wildman–Crippen LogP) is 4.02. The summed E-state index contributed by atoms with van der Waals surface area (Å²) in [5, 5.41) is 10.9. The molecule has 4 heteroatoms. The molecule has 0 aromatic heterocycles. The van der Waals surface area contributed by atoms with Crippen LogP contribution in [-0.2, 0) is 6.42 Å². The third kappa shape index (κ3) is 2.75. The van der Waals surface area contributed by atoms with E-state index >= 15 is 0 Å². The molecule has 0 spiro atoms. The van der Waals surface area contributed by atoms with Crippen LogP contribution in [0.1, 0.15) is 25.8 Å². The third-order valence-electron chi connectivity index (χ3n) is 3.96. The average Bonchev–Trinajstić information content (AvgIpc) is 2.28. The molecule has 100 valence electrons. The molecule has 1 atom stereocenters. The van der Waals surface area contributed by atoms with Gasteiger partial charge >= 0.3 is 0 Å². The molecule has 1 fully saturated rings. The lowest BCUT2D eigenvalue weighted by Crippen LogP contribution is -2.51. The standard InChI is InChI=1S/C14H18BrFOS/c1-13(2)5-6-18-9-14(13,17)8-10-7-11(15)3-4-12(10)16/h3-4,7,17H,5-6,8-9H2,1-2H3. The fourth-order valence-electron chi connectivity index (χ4n) is 2.28. The van der Waals surface area contributed by atoms with Crippen molar-refractivity contribution in [3.63, 3.8) is 0 Å². The molecule has 1 N–H and O–H groups in total. The molecule has 0 saturated carbocycles. The first-order valence-corrected chi connectivity index (χ1v) is 8.03. The Bertz CT molecular complexity index is 449. The van der Waals surface area contributed by atoms with Gasteiger partial charge in [0, 0.05) is 16.6 Å². The Labute approximate surface area is 120 Å². The van der Waals surface area contributed by atoms with Gasteiger partial charge in [-0.1, -0.05) is 29.8 Å². The summed E-state index contributed by atoms with van der Waals surface area (Å²) >= 11 is 5.10. The van der Waals surface area contributed by atoms with E-state index in [4.69, 9.17) is 0 Å². The maximum Gasteiger partial charge on any atom is 0.126 e. The second-order valence-electron chi connectivity index (χ2n) is 5.63. The molecule has 1 aromatic rings. The highest BCUT2D eigenvalue weighted by molar-refractivity contribution is 9.10. The number of thioether (sulfide) groups is 1. The van der Waals surface area contributed by atoms with Gasteiger partial charge in [-0.3, -0.25) is 0 Å². The fourth-order valence-corrected chi connectivity index (χ4v) is 4.32. The number of hydrogen-bond acceptors (Lipinski definition) is 2. The number of rotatable bonds is 2. The predicted molar refractivity (Wildman–Crippen MR) is 78.5 cm³/mol. The Morgan fingerprint density at radius 2 is 2.17 bits per heavy atom. The quantitative estimate of drug-likeness (QED) is 0.882. The van der Waals surface area contributed by atoms with Crippen molar-refractivity contribution in [1.82, 2.24) is 0 Å². The number of halogens is 2. The summed E-state index contributed by atoms with van der Waals surface area (Å²) in [6, 6.07) is 4.90. The maximum atomic E-state index is 13.8. The van der Waals surface area contributed by atoms with Crippen LogP contribution < -0.4 is 0 Å². The van der Waals surface area contributed by atoms with Crippen molar-refractivity contribution >= 4 is 27.7 Å². The van der Waals surface area contributed by atoms with Gasteiger partial charge in [0.05, 0.1) is 5.60 Å². The van der Waals surface area contributed by atoms with Crippen molar-refractivity contribution in [3.8, 4) is 0 Å². The van der Waals surface area contributed by atoms with Crippen molar-refractivity contribution in [2.75, 3.05) is 11.5 Å². The maximum absolute atomic E-state index is 13.8. The van der Waals surface area contributed by atoms with Crippen LogP contribution in [0.5, 0.6) is 0 Å². The van der Waals surface area contributed by atoms with E-state index in [9.17, 15) is 9.50 Å². The first kappa shape index (κ1) is 14.4. The molecule has 1 saturated heterocycles. The molecule has 1 heterocycles. The summed E-state index contributed by atoms with van der Waals surface area (Å²) in [5.74, 6) is 1.50. The first-order chi connectivity index (χ1) is 8.34. The molecule has 18 heavy (non-hydrogen) atoms. The summed E-state index contributed by atoms with van der Waals surface area (Å²) in [6.07, 6.45) is 1.34. The molecule has 0 radical (unpaired) electrons. The molecule has 2 rings (SSSR count). The summed E-state index contributed by atoms with van der Waals surface area (Å²) in [6.45, 7) is 4.14. The van der Waals surface area contributed by atoms with Crippen LogP contribution in [0.25, 0.3) is 0 Å². The molecular weight excluding hydrogens is 315 g/mol. The van der Waals surface area contributed by atoms with Crippen molar-refractivity contribution in [2.24, 2.45) is 5.41 Å². The van der Waals surface area contributed by atoms with E-state index in [1.165, 1.54) is 6.07 Å². The van der Waals surface area contributed by atoms with Crippen molar-refractivity contribution < 1.29 is 9.50 Å². The van der Waals surface area contributed by atoms with Gasteiger partial charge in [-0.05, 0) is 41.4 Å². The number of hydrogen-bond donors (Lipinski definition) is 1. The SMILES string of the molecule is CC1(C)CCSCC1(O)Cc1cc(Br)ccc1F. The molecule has 1 aliphatic rings. The van der Waals surface area contributed by atoms with E-state index in [0.717, 1.165) is 16.6 Å². The smallest absolute Gasteiger partial charge is 0.126 e. The van der Waals surface area contributed by atoms with Crippen molar-refractivity contribution in [3.05, 3.63) is 34.1 Å². The fraction of sp³-hybridized carbons (Fsp3) is 0.571. The van der Waals surface area contributed by atoms with E-state index in [-0.39, 0.29) is 11.2 Å². The summed E-state index contributed by atoms with van der Waals surface area (Å²) in [4.78, 5) is 0. The second kappa shape index (κ2) is 5.14. The first-order valence-electron chi connectivity index (χ1n) is 6.08. The van der Waals surface area contributed by atoms with Crippen molar-refractivity contribution in [1.29, 1.82) is 0 Å². The van der Waals surface area contributed by atoms with Crippen LogP contribution in [0.15, 0.2) is 22.7 Å². The van der Waals surface area contributed by atoms with E-state index < -0.39 is 5.60 Å². The Morgan fingerprint density at radius 1 is 1.44 bits per heavy atom. The van der Waals surface area contributed by atoms with Gasteiger partial charge in [0.15, 0.2) is 0 Å². The van der Waals surface area contributed by atoms with Crippen LogP contribution in [0.2, 0.25) is 0 Å². The van der Waals surface area contributed by atoms with Gasteiger partial charge in [0.1, 0.15) is 5.82 Å². The molecule has 1 unspecified atom stereocenters. The molecule has 0 bridgehead atoms. The molecular formula is C14H18BrFOS. The molecule has 1 nitrogen and oxygen atoms in total. The Balaban J connectivity index is 2.28. The highest BCUT2D eigenvalue weighted by Gasteiger charge is 2.45. The lowest BCUT2D eigenvalue weighted by atomic mass is 9.70. The zero-order chi connectivity index (χ0) is 13.4. The van der Waals surface area contributed by atoms with Crippen LogP contribution >= 0.6 is 27.7 Å². The molecule has 1 aliphatic heterocycles. The van der Waals surface area contributed by atoms with Crippen LogP contribution in [0, 0.1) is 11.2 Å². The van der Waals surface area contributed by atoms with E-state index in [0.29, 0.717) is 17.7 Å². The lowest BCUT2D eigenvalue weighted by molar-refractivity contribution is -0.0518. The minimum Gasteiger partial charge on any atom is -0.388 e. The van der Waals surface area contributed by atoms with Gasteiger partial charge < -0.3 is 5.11 Å². The van der Waals surface area contributed by atoms with Crippen LogP contribution in [0.4, 0.5) is 4.39 Å². The normalized spacial score (nSPS) is 27.2. The summed E-state index contributed by atoms with van der Waals surface area (Å²) in [7, 11) is 0. The van der Waals surface area contributed by atoms with Gasteiger partial charge in [-0.15, -0.1) is 0 Å². The number of aliphatic hydroxyl groups is 1. The van der Waals surface area contributed by atoms with Crippen LogP contribution in [0.3, 0.4) is 0 Å². The second-order valence-corrected chi connectivity index (χ2v) is 7.65. The van der Waals surface area contributed by atoms with E-state index in [1.54, 1.807) is 23.9 Å². The van der Waals surface area contributed by atoms with Gasteiger partial charge in [0.2, 0.25) is 0 Å². The molecule has 1 aromatic carbocycles. The Kier molecular flexibility index (Phi) is 4.10. The highest BCUT2D eigenvalue weighted by atomic mass is 79.9. The monoisotopic (exact) mass is 332 g/mol. The Morgan fingerprint density at radius 3 is 2.83 bits per heavy atom. The average molecular weight is 333 g/mol. The molecule has 0 aliphatic carbocycles. The van der Waals surface area contributed by atoms with Gasteiger partial charge in [0.25, 0.3) is 0 Å². The van der Waals surface area contributed by atoms with Crippen molar-refractivity contribution in [2.45, 2.75) is 32.3 Å². The summed E-state index contributed by atoms with van der Waals surface area (Å²) < 4.78 is 14.7. The van der Waals surface area contributed by atoms with Gasteiger partial charge in [-0.2, -0.15) is 11.8 Å². The summed E-state index contributed by atoms with van der Waals surface area (Å²) in [5.41, 5.74) is -0.424. The minimum atomic E-state index is -0.836. The lowest BCUT2D eigenvalue weighted by Gasteiger charge is -2.46. The number of benzene rings is 1. The highest BCUT2D eigenvalue weighted by Crippen LogP contribution is 2.44. The zero-order valence-electron chi connectivity index (χ0n) is 10.7. The minimum absolute atomic E-state index is 0.174. The Hall–Kier alpha value is -0.0600. The van der Waals surface area contributed by atoms with Gasteiger partial charge in [-0.25, -0.2) is 4.39 Å².